The number of hydrogen-bond acceptors (Lipinski definition) is 6. The molecule has 0 aromatic rings. The zero-order valence-corrected chi connectivity index (χ0v) is 41.6. The van der Waals surface area contributed by atoms with Crippen LogP contribution < -0.4 is 0 Å². The van der Waals surface area contributed by atoms with Crippen LogP contribution >= 0.6 is 0 Å². The predicted molar refractivity (Wildman–Crippen MR) is 261 cm³/mol. The number of esters is 3. The highest BCUT2D eigenvalue weighted by molar-refractivity contribution is 5.71. The molecule has 0 bridgehead atoms. The second-order valence-corrected chi connectivity index (χ2v) is 19.3. The Labute approximate surface area is 380 Å². The third-order valence-corrected chi connectivity index (χ3v) is 12.5. The van der Waals surface area contributed by atoms with Crippen molar-refractivity contribution >= 4 is 17.9 Å². The molecular formula is C55H106O6. The van der Waals surface area contributed by atoms with Crippen molar-refractivity contribution in [2.24, 2.45) is 5.92 Å². The molecule has 0 spiro atoms. The zero-order valence-electron chi connectivity index (χ0n) is 41.6. The summed E-state index contributed by atoms with van der Waals surface area (Å²) in [6.45, 7) is 9.01. The fraction of sp³-hybridized carbons (Fsp3) is 0.945. The molecule has 0 fully saturated rings. The van der Waals surface area contributed by atoms with Crippen molar-refractivity contribution in [2.75, 3.05) is 13.2 Å². The number of carbonyl (C=O) groups is 3. The first-order valence-corrected chi connectivity index (χ1v) is 27.4. The molecule has 6 nitrogen and oxygen atoms in total. The third-order valence-electron chi connectivity index (χ3n) is 12.5. The van der Waals surface area contributed by atoms with E-state index in [1.165, 1.54) is 205 Å². The van der Waals surface area contributed by atoms with E-state index < -0.39 is 6.10 Å². The van der Waals surface area contributed by atoms with E-state index in [0.29, 0.717) is 19.3 Å². The first-order valence-electron chi connectivity index (χ1n) is 27.4. The van der Waals surface area contributed by atoms with Crippen LogP contribution in [0.15, 0.2) is 0 Å². The lowest BCUT2D eigenvalue weighted by Gasteiger charge is -2.18. The van der Waals surface area contributed by atoms with Crippen molar-refractivity contribution in [3.8, 4) is 0 Å². The quantitative estimate of drug-likeness (QED) is 0.0344. The molecule has 0 unspecified atom stereocenters. The highest BCUT2D eigenvalue weighted by Crippen LogP contribution is 2.17. The van der Waals surface area contributed by atoms with Gasteiger partial charge in [0.25, 0.3) is 0 Å². The lowest BCUT2D eigenvalue weighted by molar-refractivity contribution is -0.167. The summed E-state index contributed by atoms with van der Waals surface area (Å²) in [6.07, 6.45) is 52.4. The van der Waals surface area contributed by atoms with Gasteiger partial charge in [-0.2, -0.15) is 0 Å². The Morgan fingerprint density at radius 2 is 0.541 bits per heavy atom. The molecule has 0 aliphatic rings. The van der Waals surface area contributed by atoms with Crippen molar-refractivity contribution < 1.29 is 28.6 Å². The molecule has 6 heteroatoms. The van der Waals surface area contributed by atoms with Gasteiger partial charge in [-0.05, 0) is 25.2 Å². The Morgan fingerprint density at radius 3 is 0.803 bits per heavy atom. The van der Waals surface area contributed by atoms with E-state index in [2.05, 4.69) is 27.7 Å². The summed E-state index contributed by atoms with van der Waals surface area (Å²) in [5.41, 5.74) is 0. The molecule has 0 radical (unpaired) electrons. The van der Waals surface area contributed by atoms with Gasteiger partial charge in [-0.3, -0.25) is 14.4 Å². The maximum Gasteiger partial charge on any atom is 0.306 e. The van der Waals surface area contributed by atoms with Gasteiger partial charge in [0, 0.05) is 19.3 Å². The van der Waals surface area contributed by atoms with Crippen LogP contribution in [0.1, 0.15) is 310 Å². The van der Waals surface area contributed by atoms with Crippen molar-refractivity contribution in [3.05, 3.63) is 0 Å². The lowest BCUT2D eigenvalue weighted by atomic mass is 10.0. The van der Waals surface area contributed by atoms with Gasteiger partial charge in [0.05, 0.1) is 0 Å². The largest absolute Gasteiger partial charge is 0.462 e. The Bertz CT molecular complexity index is 918. The third kappa shape index (κ3) is 49.3. The van der Waals surface area contributed by atoms with Gasteiger partial charge < -0.3 is 14.2 Å². The molecule has 0 saturated carbocycles. The van der Waals surface area contributed by atoms with Crippen molar-refractivity contribution in [3.63, 3.8) is 0 Å². The van der Waals surface area contributed by atoms with Gasteiger partial charge in [-0.25, -0.2) is 0 Å². The van der Waals surface area contributed by atoms with E-state index in [-0.39, 0.29) is 31.1 Å². The number of hydrogen-bond donors (Lipinski definition) is 0. The molecule has 0 aliphatic carbocycles. The standard InChI is InChI=1S/C55H106O6/c1-5-7-9-11-13-15-17-19-21-22-23-24-26-27-29-34-38-42-46-53(56)59-49-52(50-60-54(57)47-43-39-35-32-31-33-37-41-45-51(3)4)61-55(58)48-44-40-36-30-28-25-20-18-16-14-12-10-8-6-2/h51-52H,5-50H2,1-4H3/t52-/m0/s1. The monoisotopic (exact) mass is 863 g/mol. The number of unbranched alkanes of at least 4 members (excludes halogenated alkanes) is 37. The Hall–Kier alpha value is -1.59. The first kappa shape index (κ1) is 59.4. The SMILES string of the molecule is CCCCCCCCCCCCCCCCCCCCC(=O)OC[C@@H](COC(=O)CCCCCCCCCCC(C)C)OC(=O)CCCCCCCCCCCCCCCC. The van der Waals surface area contributed by atoms with Crippen LogP contribution in [0, 0.1) is 5.92 Å². The zero-order chi connectivity index (χ0) is 44.5. The van der Waals surface area contributed by atoms with Crippen LogP contribution in [0.5, 0.6) is 0 Å². The average molecular weight is 863 g/mol. The van der Waals surface area contributed by atoms with Crippen LogP contribution in [0.2, 0.25) is 0 Å². The van der Waals surface area contributed by atoms with E-state index in [4.69, 9.17) is 14.2 Å². The molecule has 0 amide bonds. The van der Waals surface area contributed by atoms with Crippen LogP contribution in [0.3, 0.4) is 0 Å². The molecule has 362 valence electrons. The van der Waals surface area contributed by atoms with Gasteiger partial charge in [0.1, 0.15) is 13.2 Å². The van der Waals surface area contributed by atoms with Crippen LogP contribution in [0.4, 0.5) is 0 Å². The molecule has 0 rings (SSSR count). The second-order valence-electron chi connectivity index (χ2n) is 19.3. The normalized spacial score (nSPS) is 12.0. The van der Waals surface area contributed by atoms with E-state index in [0.717, 1.165) is 63.7 Å². The number of ether oxygens (including phenoxy) is 3. The minimum absolute atomic E-state index is 0.0627. The summed E-state index contributed by atoms with van der Waals surface area (Å²) in [5, 5.41) is 0. The molecule has 61 heavy (non-hydrogen) atoms. The van der Waals surface area contributed by atoms with E-state index in [9.17, 15) is 14.4 Å². The Kier molecular flexibility index (Phi) is 48.1. The Morgan fingerprint density at radius 1 is 0.311 bits per heavy atom. The summed E-state index contributed by atoms with van der Waals surface area (Å²) in [5.74, 6) is -0.0459. The minimum Gasteiger partial charge on any atom is -0.462 e. The maximum absolute atomic E-state index is 12.8. The maximum atomic E-state index is 12.8. The Balaban J connectivity index is 4.26. The molecule has 0 heterocycles. The summed E-state index contributed by atoms with van der Waals surface area (Å²) in [6, 6.07) is 0. The first-order chi connectivity index (χ1) is 29.9. The van der Waals surface area contributed by atoms with Gasteiger partial charge in [0.15, 0.2) is 6.10 Å². The molecule has 0 aliphatic heterocycles. The van der Waals surface area contributed by atoms with E-state index >= 15 is 0 Å². The van der Waals surface area contributed by atoms with Gasteiger partial charge >= 0.3 is 17.9 Å². The second kappa shape index (κ2) is 49.4. The highest BCUT2D eigenvalue weighted by Gasteiger charge is 2.19. The fourth-order valence-electron chi connectivity index (χ4n) is 8.39. The van der Waals surface area contributed by atoms with Crippen molar-refractivity contribution in [2.45, 2.75) is 316 Å². The van der Waals surface area contributed by atoms with Crippen molar-refractivity contribution in [1.29, 1.82) is 0 Å². The molecular weight excluding hydrogens is 757 g/mol. The van der Waals surface area contributed by atoms with Crippen LogP contribution in [-0.4, -0.2) is 37.2 Å². The van der Waals surface area contributed by atoms with E-state index in [1.54, 1.807) is 0 Å². The van der Waals surface area contributed by atoms with Crippen LogP contribution in [-0.2, 0) is 28.6 Å². The molecule has 0 aromatic carbocycles. The molecule has 0 N–H and O–H groups in total. The van der Waals surface area contributed by atoms with Crippen molar-refractivity contribution in [1.82, 2.24) is 0 Å². The number of rotatable bonds is 50. The smallest absolute Gasteiger partial charge is 0.306 e. The molecule has 1 atom stereocenters. The van der Waals surface area contributed by atoms with Gasteiger partial charge in [-0.15, -0.1) is 0 Å². The van der Waals surface area contributed by atoms with Gasteiger partial charge in [-0.1, -0.05) is 272 Å². The molecule has 0 aromatic heterocycles. The summed E-state index contributed by atoms with van der Waals surface area (Å²) in [4.78, 5) is 38.0. The summed E-state index contributed by atoms with van der Waals surface area (Å²) < 4.78 is 16.8. The van der Waals surface area contributed by atoms with Crippen LogP contribution in [0.25, 0.3) is 0 Å². The number of carbonyl (C=O) groups excluding carboxylic acids is 3. The predicted octanol–water partition coefficient (Wildman–Crippen LogP) is 17.8. The van der Waals surface area contributed by atoms with Gasteiger partial charge in [0.2, 0.25) is 0 Å². The highest BCUT2D eigenvalue weighted by atomic mass is 16.6. The fourth-order valence-corrected chi connectivity index (χ4v) is 8.39. The topological polar surface area (TPSA) is 78.9 Å². The lowest BCUT2D eigenvalue weighted by Crippen LogP contribution is -2.30. The minimum atomic E-state index is -0.761. The molecule has 0 saturated heterocycles. The van der Waals surface area contributed by atoms with E-state index in [1.807, 2.05) is 0 Å². The summed E-state index contributed by atoms with van der Waals surface area (Å²) in [7, 11) is 0. The average Bonchev–Trinajstić information content (AvgIpc) is 3.24. The summed E-state index contributed by atoms with van der Waals surface area (Å²) >= 11 is 0.